The molecule has 0 aliphatic heterocycles. The summed E-state index contributed by atoms with van der Waals surface area (Å²) >= 11 is 1.54. The summed E-state index contributed by atoms with van der Waals surface area (Å²) in [6, 6.07) is 8.63. The molecule has 3 N–H and O–H groups in total. The molecule has 0 aliphatic rings. The van der Waals surface area contributed by atoms with Crippen molar-refractivity contribution < 1.29 is 14.4 Å². The third kappa shape index (κ3) is 3.75. The van der Waals surface area contributed by atoms with Crippen LogP contribution < -0.4 is 11.1 Å². The van der Waals surface area contributed by atoms with Gasteiger partial charge in [-0.3, -0.25) is 0 Å². The molecule has 0 spiro atoms. The highest BCUT2D eigenvalue weighted by atomic mass is 32.1. The molecule has 1 atom stereocenters. The van der Waals surface area contributed by atoms with Crippen LogP contribution in [0.3, 0.4) is 0 Å². The maximum Gasteiger partial charge on any atom is 0.348 e. The van der Waals surface area contributed by atoms with Crippen molar-refractivity contribution in [3.05, 3.63) is 35.2 Å². The number of rotatable bonds is 5. The molecule has 118 valence electrons. The molecular weight excluding hydrogens is 302 g/mol. The molecule has 0 saturated carbocycles. The molecule has 0 bridgehead atoms. The van der Waals surface area contributed by atoms with Crippen LogP contribution in [-0.4, -0.2) is 30.2 Å². The fourth-order valence-electron chi connectivity index (χ4n) is 2.01. The third-order valence-electron chi connectivity index (χ3n) is 3.14. The first kappa shape index (κ1) is 16.3. The van der Waals surface area contributed by atoms with Gasteiger partial charge < -0.3 is 15.9 Å². The van der Waals surface area contributed by atoms with Crippen molar-refractivity contribution in [2.24, 2.45) is 5.73 Å². The normalized spacial score (nSPS) is 12.1. The van der Waals surface area contributed by atoms with E-state index in [4.69, 9.17) is 10.6 Å². The minimum Gasteiger partial charge on any atom is -0.349 e. The number of hydrogen-bond acceptors (Lipinski definition) is 5. The number of primary amides is 1. The second kappa shape index (κ2) is 7.24. The van der Waals surface area contributed by atoms with Crippen LogP contribution >= 0.6 is 11.3 Å². The first-order chi connectivity index (χ1) is 10.5. The molecule has 22 heavy (non-hydrogen) atoms. The fourth-order valence-corrected chi connectivity index (χ4v) is 3.11. The highest BCUT2D eigenvalue weighted by Gasteiger charge is 2.25. The lowest BCUT2D eigenvalue weighted by Crippen LogP contribution is -2.41. The van der Waals surface area contributed by atoms with Gasteiger partial charge in [-0.1, -0.05) is 25.1 Å². The number of hydrogen-bond donors (Lipinski definition) is 2. The average Bonchev–Trinajstić information content (AvgIpc) is 2.93. The van der Waals surface area contributed by atoms with Gasteiger partial charge in [-0.15, -0.1) is 16.4 Å². The molecule has 0 fully saturated rings. The van der Waals surface area contributed by atoms with Gasteiger partial charge in [-0.25, -0.2) is 9.59 Å². The first-order valence-electron chi connectivity index (χ1n) is 7.01. The Balaban J connectivity index is 2.16. The lowest BCUT2D eigenvalue weighted by Gasteiger charge is -2.24. The van der Waals surface area contributed by atoms with Gasteiger partial charge in [-0.2, -0.15) is 0 Å². The number of fused-ring (bicyclic) bond motifs is 1. The number of amides is 2. The molecule has 6 nitrogen and oxygen atoms in total. The topological polar surface area (TPSA) is 84.7 Å². The van der Waals surface area contributed by atoms with Crippen molar-refractivity contribution in [1.82, 2.24) is 10.4 Å². The van der Waals surface area contributed by atoms with E-state index in [-0.39, 0.29) is 6.54 Å². The van der Waals surface area contributed by atoms with Crippen molar-refractivity contribution in [2.75, 3.05) is 13.1 Å². The molecule has 2 rings (SSSR count). The highest BCUT2D eigenvalue weighted by Crippen LogP contribution is 2.32. The van der Waals surface area contributed by atoms with E-state index in [0.717, 1.165) is 20.0 Å². The Morgan fingerprint density at radius 2 is 2.14 bits per heavy atom. The van der Waals surface area contributed by atoms with Crippen molar-refractivity contribution in [3.63, 3.8) is 0 Å². The molecule has 0 unspecified atom stereocenters. The highest BCUT2D eigenvalue weighted by molar-refractivity contribution is 7.19. The summed E-state index contributed by atoms with van der Waals surface area (Å²) in [6.07, 6.45) is 0. The number of carbonyl (C=O) groups excluding carboxylic acids is 2. The number of carbonyl (C=O) groups is 2. The Kier molecular flexibility index (Phi) is 5.35. The van der Waals surface area contributed by atoms with E-state index < -0.39 is 18.0 Å². The minimum atomic E-state index is -0.796. The maximum absolute atomic E-state index is 11.7. The molecule has 1 aromatic carbocycles. The second-order valence-corrected chi connectivity index (χ2v) is 5.89. The molecule has 2 amide bonds. The zero-order chi connectivity index (χ0) is 16.1. The summed E-state index contributed by atoms with van der Waals surface area (Å²) in [6.45, 7) is 4.31. The van der Waals surface area contributed by atoms with Crippen molar-refractivity contribution >= 4 is 33.4 Å². The largest absolute Gasteiger partial charge is 0.349 e. The Bertz CT molecular complexity index is 638. The molecular formula is C15H19N3O3S. The Hall–Kier alpha value is -2.12. The third-order valence-corrected chi connectivity index (χ3v) is 4.43. The maximum atomic E-state index is 11.7. The summed E-state index contributed by atoms with van der Waals surface area (Å²) in [4.78, 5) is 29.3. The molecule has 0 aliphatic carbocycles. The van der Waals surface area contributed by atoms with Gasteiger partial charge in [0.25, 0.3) is 0 Å². The van der Waals surface area contributed by atoms with Gasteiger partial charge >= 0.3 is 12.0 Å². The van der Waals surface area contributed by atoms with Crippen molar-refractivity contribution in [3.8, 4) is 0 Å². The summed E-state index contributed by atoms with van der Waals surface area (Å²) < 4.78 is 1.10. The lowest BCUT2D eigenvalue weighted by atomic mass is 10.2. The molecule has 7 heteroatoms. The van der Waals surface area contributed by atoms with Crippen molar-refractivity contribution in [1.29, 1.82) is 0 Å². The first-order valence-corrected chi connectivity index (χ1v) is 7.83. The number of hydroxylamine groups is 2. The van der Waals surface area contributed by atoms with E-state index in [1.54, 1.807) is 6.92 Å². The van der Waals surface area contributed by atoms with Gasteiger partial charge in [0.2, 0.25) is 0 Å². The lowest BCUT2D eigenvalue weighted by molar-refractivity contribution is -0.182. The number of likely N-dealkylation sites (N-methyl/N-ethyl adjacent to an activating group) is 1. The van der Waals surface area contributed by atoms with Crippen LogP contribution in [0.25, 0.3) is 10.1 Å². The number of nitrogens with zero attached hydrogens (tertiary/aromatic N) is 1. The number of benzene rings is 1. The van der Waals surface area contributed by atoms with Crippen LogP contribution in [0.15, 0.2) is 30.3 Å². The number of nitrogens with one attached hydrogen (secondary N) is 1. The zero-order valence-electron chi connectivity index (χ0n) is 12.5. The molecule has 1 heterocycles. The number of urea groups is 1. The van der Waals surface area contributed by atoms with Crippen LogP contribution in [0.5, 0.6) is 0 Å². The molecule has 0 radical (unpaired) electrons. The Labute approximate surface area is 132 Å². The predicted molar refractivity (Wildman–Crippen MR) is 86.3 cm³/mol. The van der Waals surface area contributed by atoms with E-state index in [1.165, 1.54) is 11.3 Å². The van der Waals surface area contributed by atoms with Crippen LogP contribution in [0, 0.1) is 0 Å². The van der Waals surface area contributed by atoms with Crippen LogP contribution in [0.4, 0.5) is 4.79 Å². The summed E-state index contributed by atoms with van der Waals surface area (Å²) in [7, 11) is 0. The number of thiophene rings is 1. The van der Waals surface area contributed by atoms with Gasteiger partial charge in [0, 0.05) is 9.58 Å². The predicted octanol–water partition coefficient (Wildman–Crippen LogP) is 2.41. The van der Waals surface area contributed by atoms with Gasteiger partial charge in [0.05, 0.1) is 6.54 Å². The number of nitrogens with two attached hydrogens (primary N) is 1. The van der Waals surface area contributed by atoms with E-state index in [2.05, 4.69) is 5.32 Å². The zero-order valence-corrected chi connectivity index (χ0v) is 13.4. The molecule has 1 aromatic heterocycles. The summed E-state index contributed by atoms with van der Waals surface area (Å²) in [5, 5.41) is 4.84. The summed E-state index contributed by atoms with van der Waals surface area (Å²) in [5.74, 6) is -0.548. The Morgan fingerprint density at radius 1 is 1.41 bits per heavy atom. The minimum absolute atomic E-state index is 0.0272. The Morgan fingerprint density at radius 3 is 2.77 bits per heavy atom. The smallest absolute Gasteiger partial charge is 0.348 e. The van der Waals surface area contributed by atoms with Crippen LogP contribution in [0.1, 0.15) is 24.8 Å². The second-order valence-electron chi connectivity index (χ2n) is 4.77. The van der Waals surface area contributed by atoms with Gasteiger partial charge in [0.1, 0.15) is 6.04 Å². The van der Waals surface area contributed by atoms with Crippen LogP contribution in [-0.2, 0) is 9.63 Å². The molecule has 0 saturated heterocycles. The van der Waals surface area contributed by atoms with Gasteiger partial charge in [0.15, 0.2) is 0 Å². The van der Waals surface area contributed by atoms with Crippen LogP contribution in [0.2, 0.25) is 0 Å². The summed E-state index contributed by atoms with van der Waals surface area (Å²) in [5.41, 5.74) is 5.34. The SMILES string of the molecule is CCNCC(=O)ON(C(N)=O)[C@H](C)c1cc2ccccc2s1. The molecule has 2 aromatic rings. The monoisotopic (exact) mass is 321 g/mol. The fraction of sp³-hybridized carbons (Fsp3) is 0.333. The van der Waals surface area contributed by atoms with E-state index in [0.29, 0.717) is 6.54 Å². The van der Waals surface area contributed by atoms with E-state index >= 15 is 0 Å². The quantitative estimate of drug-likeness (QED) is 0.828. The average molecular weight is 321 g/mol. The van der Waals surface area contributed by atoms with E-state index in [9.17, 15) is 9.59 Å². The van der Waals surface area contributed by atoms with Gasteiger partial charge in [-0.05, 0) is 31.0 Å². The standard InChI is InChI=1S/C15H19N3O3S/c1-3-17-9-14(19)21-18(15(16)20)10(2)13-8-11-6-4-5-7-12(11)22-13/h4-8,10,17H,3,9H2,1-2H3,(H2,16,20)/t10-/m1/s1. The van der Waals surface area contributed by atoms with Crippen molar-refractivity contribution in [2.45, 2.75) is 19.9 Å². The van der Waals surface area contributed by atoms with E-state index in [1.807, 2.05) is 37.3 Å².